The number of nitrogens with zero attached hydrogens (tertiary/aromatic N) is 2. The fourth-order valence-corrected chi connectivity index (χ4v) is 3.06. The molecule has 7 heteroatoms. The predicted octanol–water partition coefficient (Wildman–Crippen LogP) is 2.78. The van der Waals surface area contributed by atoms with Crippen LogP contribution in [-0.2, 0) is 6.42 Å². The maximum Gasteiger partial charge on any atom is 0.188 e. The lowest BCUT2D eigenvalue weighted by molar-refractivity contribution is 0.290. The quantitative estimate of drug-likeness (QED) is 0.595. The van der Waals surface area contributed by atoms with Gasteiger partial charge in [0, 0.05) is 17.0 Å². The Labute approximate surface area is 145 Å². The van der Waals surface area contributed by atoms with E-state index in [1.54, 1.807) is 30.3 Å². The molecule has 130 valence electrons. The summed E-state index contributed by atoms with van der Waals surface area (Å²) in [6.07, 6.45) is 0.854. The summed E-state index contributed by atoms with van der Waals surface area (Å²) in [5, 5.41) is 5.05. The van der Waals surface area contributed by atoms with Crippen molar-refractivity contribution < 1.29 is 8.78 Å². The fourth-order valence-electron chi connectivity index (χ4n) is 2.35. The highest BCUT2D eigenvalue weighted by atomic mass is 32.1. The van der Waals surface area contributed by atoms with Gasteiger partial charge in [-0.15, -0.1) is 11.3 Å². The van der Waals surface area contributed by atoms with Crippen molar-refractivity contribution in [1.29, 1.82) is 0 Å². The molecule has 1 unspecified atom stereocenters. The number of halogens is 2. The molecule has 2 aromatic rings. The predicted molar refractivity (Wildman–Crippen MR) is 95.3 cm³/mol. The van der Waals surface area contributed by atoms with Crippen LogP contribution >= 0.6 is 11.3 Å². The Hall–Kier alpha value is -1.99. The average molecular weight is 352 g/mol. The number of hydrogen-bond donors (Lipinski definition) is 2. The van der Waals surface area contributed by atoms with Gasteiger partial charge in [-0.1, -0.05) is 12.1 Å². The molecule has 0 aliphatic heterocycles. The van der Waals surface area contributed by atoms with Crippen LogP contribution in [0.5, 0.6) is 0 Å². The van der Waals surface area contributed by atoms with Gasteiger partial charge in [-0.05, 0) is 44.1 Å². The second kappa shape index (κ2) is 8.75. The molecule has 0 saturated heterocycles. The Kier molecular flexibility index (Phi) is 6.69. The van der Waals surface area contributed by atoms with Crippen LogP contribution in [0.25, 0.3) is 0 Å². The molecule has 0 radical (unpaired) electrons. The van der Waals surface area contributed by atoms with Gasteiger partial charge >= 0.3 is 0 Å². The summed E-state index contributed by atoms with van der Waals surface area (Å²) >= 11 is 1.69. The van der Waals surface area contributed by atoms with Crippen molar-refractivity contribution in [2.75, 3.05) is 27.2 Å². The number of nitrogens with two attached hydrogens (primary N) is 1. The van der Waals surface area contributed by atoms with Crippen molar-refractivity contribution in [2.24, 2.45) is 10.7 Å². The van der Waals surface area contributed by atoms with E-state index in [1.165, 1.54) is 23.1 Å². The van der Waals surface area contributed by atoms with Crippen molar-refractivity contribution in [3.05, 3.63) is 57.8 Å². The zero-order chi connectivity index (χ0) is 17.5. The normalized spacial score (nSPS) is 13.3. The Balaban J connectivity index is 1.97. The summed E-state index contributed by atoms with van der Waals surface area (Å²) in [7, 11) is 3.51. The zero-order valence-electron chi connectivity index (χ0n) is 13.8. The minimum absolute atomic E-state index is 0.0117. The second-order valence-electron chi connectivity index (χ2n) is 5.60. The largest absolute Gasteiger partial charge is 0.370 e. The molecule has 3 N–H and O–H groups in total. The standard InChI is InChI=1S/C17H22F2N4S/c1-23(2)15(16-13(18)6-3-7-14(16)19)11-22-17(20)21-9-8-12-5-4-10-24-12/h3-7,10,15H,8-9,11H2,1-2H3,(H3,20,21,22). The summed E-state index contributed by atoms with van der Waals surface area (Å²) in [5.41, 5.74) is 5.86. The highest BCUT2D eigenvalue weighted by molar-refractivity contribution is 7.09. The fraction of sp³-hybridized carbons (Fsp3) is 0.353. The minimum atomic E-state index is -0.576. The first-order chi connectivity index (χ1) is 11.5. The van der Waals surface area contributed by atoms with Crippen LogP contribution in [0.1, 0.15) is 16.5 Å². The number of nitrogens with one attached hydrogen (secondary N) is 1. The minimum Gasteiger partial charge on any atom is -0.370 e. The smallest absolute Gasteiger partial charge is 0.188 e. The van der Waals surface area contributed by atoms with Crippen LogP contribution in [-0.4, -0.2) is 38.0 Å². The molecule has 1 aromatic heterocycles. The number of thiophene rings is 1. The molecular formula is C17H22F2N4S. The lowest BCUT2D eigenvalue weighted by Gasteiger charge is -2.24. The number of guanidine groups is 1. The van der Waals surface area contributed by atoms with E-state index < -0.39 is 17.7 Å². The third-order valence-electron chi connectivity index (χ3n) is 3.65. The lowest BCUT2D eigenvalue weighted by atomic mass is 10.0. The van der Waals surface area contributed by atoms with Gasteiger partial charge in [-0.3, -0.25) is 4.99 Å². The van der Waals surface area contributed by atoms with Crippen molar-refractivity contribution in [2.45, 2.75) is 12.5 Å². The van der Waals surface area contributed by atoms with E-state index in [-0.39, 0.29) is 18.1 Å². The third kappa shape index (κ3) is 5.01. The van der Waals surface area contributed by atoms with Crippen LogP contribution in [0.3, 0.4) is 0 Å². The first-order valence-corrected chi connectivity index (χ1v) is 8.53. The first-order valence-electron chi connectivity index (χ1n) is 7.65. The molecule has 1 aromatic carbocycles. The van der Waals surface area contributed by atoms with Gasteiger partial charge in [0.1, 0.15) is 11.6 Å². The number of benzene rings is 1. The molecular weight excluding hydrogens is 330 g/mol. The van der Waals surface area contributed by atoms with E-state index in [4.69, 9.17) is 5.73 Å². The Bertz CT molecular complexity index is 651. The molecule has 0 spiro atoms. The molecule has 0 bridgehead atoms. The summed E-state index contributed by atoms with van der Waals surface area (Å²) < 4.78 is 28.0. The Morgan fingerprint density at radius 3 is 2.54 bits per heavy atom. The van der Waals surface area contributed by atoms with Crippen LogP contribution in [0, 0.1) is 11.6 Å². The molecule has 0 fully saturated rings. The third-order valence-corrected chi connectivity index (χ3v) is 4.58. The summed E-state index contributed by atoms with van der Waals surface area (Å²) in [6.45, 7) is 0.833. The first kappa shape index (κ1) is 18.4. The maximum absolute atomic E-state index is 14.0. The average Bonchev–Trinajstić information content (AvgIpc) is 3.03. The highest BCUT2D eigenvalue weighted by Crippen LogP contribution is 2.24. The van der Waals surface area contributed by atoms with Gasteiger partial charge < -0.3 is 16.0 Å². The molecule has 0 aliphatic rings. The number of aliphatic imine (C=N–C) groups is 1. The Morgan fingerprint density at radius 2 is 1.96 bits per heavy atom. The summed E-state index contributed by atoms with van der Waals surface area (Å²) in [4.78, 5) is 7.22. The van der Waals surface area contributed by atoms with Gasteiger partial charge in [-0.2, -0.15) is 0 Å². The van der Waals surface area contributed by atoms with E-state index in [2.05, 4.69) is 16.4 Å². The maximum atomic E-state index is 14.0. The molecule has 24 heavy (non-hydrogen) atoms. The van der Waals surface area contributed by atoms with Crippen molar-refractivity contribution in [3.63, 3.8) is 0 Å². The van der Waals surface area contributed by atoms with E-state index in [0.29, 0.717) is 6.54 Å². The summed E-state index contributed by atoms with van der Waals surface area (Å²) in [5.74, 6) is -0.878. The van der Waals surface area contributed by atoms with Crippen LogP contribution in [0.2, 0.25) is 0 Å². The van der Waals surface area contributed by atoms with Gasteiger partial charge in [-0.25, -0.2) is 8.78 Å². The van der Waals surface area contributed by atoms with E-state index in [1.807, 2.05) is 11.4 Å². The zero-order valence-corrected chi connectivity index (χ0v) is 14.6. The number of rotatable bonds is 7. The highest BCUT2D eigenvalue weighted by Gasteiger charge is 2.21. The van der Waals surface area contributed by atoms with E-state index in [0.717, 1.165) is 6.42 Å². The van der Waals surface area contributed by atoms with Crippen LogP contribution < -0.4 is 11.1 Å². The van der Waals surface area contributed by atoms with Gasteiger partial charge in [0.15, 0.2) is 5.96 Å². The molecule has 0 amide bonds. The lowest BCUT2D eigenvalue weighted by Crippen LogP contribution is -2.34. The molecule has 1 atom stereocenters. The monoisotopic (exact) mass is 352 g/mol. The molecule has 2 rings (SSSR count). The van der Waals surface area contributed by atoms with Crippen molar-refractivity contribution >= 4 is 17.3 Å². The van der Waals surface area contributed by atoms with Gasteiger partial charge in [0.05, 0.1) is 12.6 Å². The molecule has 1 heterocycles. The summed E-state index contributed by atoms with van der Waals surface area (Å²) in [6, 6.07) is 7.39. The Morgan fingerprint density at radius 1 is 1.25 bits per heavy atom. The van der Waals surface area contributed by atoms with Gasteiger partial charge in [0.2, 0.25) is 0 Å². The number of likely N-dealkylation sites (N-methyl/N-ethyl adjacent to an activating group) is 1. The van der Waals surface area contributed by atoms with Crippen LogP contribution in [0.15, 0.2) is 40.7 Å². The SMILES string of the molecule is CN(C)C(CN=C(N)NCCc1cccs1)c1c(F)cccc1F. The number of hydrogen-bond acceptors (Lipinski definition) is 3. The second-order valence-corrected chi connectivity index (χ2v) is 6.63. The molecule has 0 aliphatic carbocycles. The molecule has 0 saturated carbocycles. The van der Waals surface area contributed by atoms with Crippen LogP contribution in [0.4, 0.5) is 8.78 Å². The van der Waals surface area contributed by atoms with E-state index >= 15 is 0 Å². The van der Waals surface area contributed by atoms with E-state index in [9.17, 15) is 8.78 Å². The van der Waals surface area contributed by atoms with Gasteiger partial charge in [0.25, 0.3) is 0 Å². The van der Waals surface area contributed by atoms with Crippen molar-refractivity contribution in [1.82, 2.24) is 10.2 Å². The van der Waals surface area contributed by atoms with Crippen molar-refractivity contribution in [3.8, 4) is 0 Å². The molecule has 4 nitrogen and oxygen atoms in total. The topological polar surface area (TPSA) is 53.6 Å².